The van der Waals surface area contributed by atoms with Crippen molar-refractivity contribution in [2.45, 2.75) is 82.8 Å². The summed E-state index contributed by atoms with van der Waals surface area (Å²) in [5.41, 5.74) is 1.12. The van der Waals surface area contributed by atoms with Crippen LogP contribution in [0.3, 0.4) is 0 Å². The van der Waals surface area contributed by atoms with Crippen molar-refractivity contribution in [1.82, 2.24) is 15.6 Å². The molecule has 3 aliphatic rings. The van der Waals surface area contributed by atoms with Gasteiger partial charge in [-0.3, -0.25) is 0 Å². The van der Waals surface area contributed by atoms with Crippen molar-refractivity contribution in [3.63, 3.8) is 0 Å². The second kappa shape index (κ2) is 9.91. The molecular weight excluding hydrogens is 455 g/mol. The Hall–Kier alpha value is -1.09. The Morgan fingerprint density at radius 1 is 1.30 bits per heavy atom. The minimum Gasteiger partial charge on any atom is -0.474 e. The molecule has 3 atom stereocenters. The first kappa shape index (κ1) is 20.6. The molecule has 0 radical (unpaired) electrons. The van der Waals surface area contributed by atoms with Crippen LogP contribution in [0.1, 0.15) is 57.4 Å². The fraction of sp³-hybridized carbons (Fsp3) is 0.700. The van der Waals surface area contributed by atoms with Gasteiger partial charge in [0.15, 0.2) is 5.96 Å². The van der Waals surface area contributed by atoms with Crippen molar-refractivity contribution in [3.05, 3.63) is 23.9 Å². The Kier molecular flexibility index (Phi) is 7.57. The largest absolute Gasteiger partial charge is 0.474 e. The Morgan fingerprint density at radius 2 is 2.15 bits per heavy atom. The summed E-state index contributed by atoms with van der Waals surface area (Å²) in [7, 11) is 0. The molecule has 2 aliphatic heterocycles. The van der Waals surface area contributed by atoms with E-state index in [9.17, 15) is 0 Å². The number of hydrogen-bond donors (Lipinski definition) is 2. The fourth-order valence-corrected chi connectivity index (χ4v) is 4.25. The van der Waals surface area contributed by atoms with E-state index in [1.54, 1.807) is 0 Å². The molecule has 3 unspecified atom stereocenters. The second-order valence-electron chi connectivity index (χ2n) is 7.58. The molecule has 1 saturated carbocycles. The highest BCUT2D eigenvalue weighted by Gasteiger charge is 2.41. The number of ether oxygens (including phenoxy) is 2. The number of rotatable bonds is 6. The van der Waals surface area contributed by atoms with Crippen LogP contribution in [0.15, 0.2) is 23.3 Å². The molecular formula is C20H31IN4O2. The van der Waals surface area contributed by atoms with Crippen LogP contribution in [0.5, 0.6) is 5.88 Å². The van der Waals surface area contributed by atoms with Gasteiger partial charge in [-0.05, 0) is 63.5 Å². The van der Waals surface area contributed by atoms with Crippen LogP contribution >= 0.6 is 24.0 Å². The highest BCUT2D eigenvalue weighted by Crippen LogP contribution is 2.34. The zero-order valence-electron chi connectivity index (χ0n) is 16.0. The third-order valence-electron chi connectivity index (χ3n) is 5.58. The number of nitrogens with zero attached hydrogens (tertiary/aromatic N) is 2. The van der Waals surface area contributed by atoms with Gasteiger partial charge >= 0.3 is 0 Å². The molecule has 27 heavy (non-hydrogen) atoms. The number of halogens is 1. The third-order valence-corrected chi connectivity index (χ3v) is 5.58. The number of fused-ring (bicyclic) bond motifs is 2. The Bertz CT molecular complexity index is 636. The first-order valence-corrected chi connectivity index (χ1v) is 10.1. The molecule has 0 aromatic carbocycles. The Labute approximate surface area is 178 Å². The molecule has 1 aromatic rings. The number of guanidine groups is 1. The van der Waals surface area contributed by atoms with Crippen LogP contribution in [0, 0.1) is 0 Å². The Morgan fingerprint density at radius 3 is 2.85 bits per heavy atom. The van der Waals surface area contributed by atoms with Gasteiger partial charge in [0, 0.05) is 18.8 Å². The van der Waals surface area contributed by atoms with Crippen LogP contribution in [0.25, 0.3) is 0 Å². The summed E-state index contributed by atoms with van der Waals surface area (Å²) in [6.07, 6.45) is 11.2. The maximum Gasteiger partial charge on any atom is 0.213 e. The first-order chi connectivity index (χ1) is 12.8. The van der Waals surface area contributed by atoms with Crippen molar-refractivity contribution < 1.29 is 9.47 Å². The van der Waals surface area contributed by atoms with Gasteiger partial charge in [-0.15, -0.1) is 24.0 Å². The lowest BCUT2D eigenvalue weighted by Crippen LogP contribution is -2.47. The lowest BCUT2D eigenvalue weighted by atomic mass is 9.96. The van der Waals surface area contributed by atoms with Crippen molar-refractivity contribution in [1.29, 1.82) is 0 Å². The lowest BCUT2D eigenvalue weighted by molar-refractivity contribution is 0.0992. The monoisotopic (exact) mass is 486 g/mol. The van der Waals surface area contributed by atoms with E-state index in [1.807, 2.05) is 18.3 Å². The molecule has 1 aliphatic carbocycles. The van der Waals surface area contributed by atoms with Gasteiger partial charge in [-0.2, -0.15) is 0 Å². The van der Waals surface area contributed by atoms with Crippen LogP contribution in [0.2, 0.25) is 0 Å². The van der Waals surface area contributed by atoms with Crippen molar-refractivity contribution in [2.24, 2.45) is 4.99 Å². The number of pyridine rings is 1. The molecule has 7 heteroatoms. The van der Waals surface area contributed by atoms with Crippen LogP contribution < -0.4 is 15.4 Å². The molecule has 2 N–H and O–H groups in total. The molecule has 3 fully saturated rings. The van der Waals surface area contributed by atoms with Gasteiger partial charge in [0.1, 0.15) is 6.10 Å². The first-order valence-electron chi connectivity index (χ1n) is 10.1. The predicted octanol–water partition coefficient (Wildman–Crippen LogP) is 3.40. The summed E-state index contributed by atoms with van der Waals surface area (Å²) in [4.78, 5) is 9.12. The number of hydrogen-bond acceptors (Lipinski definition) is 4. The van der Waals surface area contributed by atoms with Crippen LogP contribution in [-0.4, -0.2) is 41.8 Å². The van der Waals surface area contributed by atoms with E-state index in [-0.39, 0.29) is 24.0 Å². The molecule has 6 nitrogen and oxygen atoms in total. The highest BCUT2D eigenvalue weighted by atomic mass is 127. The maximum absolute atomic E-state index is 6.00. The molecule has 2 bridgehead atoms. The summed E-state index contributed by atoms with van der Waals surface area (Å²) < 4.78 is 11.9. The van der Waals surface area contributed by atoms with Gasteiger partial charge in [-0.25, -0.2) is 9.98 Å². The van der Waals surface area contributed by atoms with E-state index in [0.717, 1.165) is 49.6 Å². The predicted molar refractivity (Wildman–Crippen MR) is 117 cm³/mol. The minimum atomic E-state index is 0. The Balaban J connectivity index is 0.00000210. The molecule has 3 heterocycles. The number of aliphatic imine (C=N–C) groups is 1. The van der Waals surface area contributed by atoms with Crippen molar-refractivity contribution >= 4 is 29.9 Å². The van der Waals surface area contributed by atoms with Gasteiger partial charge in [-0.1, -0.05) is 0 Å². The quantitative estimate of drug-likeness (QED) is 0.367. The lowest BCUT2D eigenvalue weighted by Gasteiger charge is -2.22. The highest BCUT2D eigenvalue weighted by molar-refractivity contribution is 14.0. The number of aromatic nitrogens is 1. The van der Waals surface area contributed by atoms with E-state index < -0.39 is 0 Å². The average Bonchev–Trinajstić information content (AvgIpc) is 3.39. The molecule has 150 valence electrons. The summed E-state index contributed by atoms with van der Waals surface area (Å²) in [6.45, 7) is 3.55. The van der Waals surface area contributed by atoms with Gasteiger partial charge in [0.05, 0.1) is 24.8 Å². The van der Waals surface area contributed by atoms with Gasteiger partial charge in [0.2, 0.25) is 5.88 Å². The standard InChI is InChI=1S/C20H30N4O2.HI/c1-2-21-20(24-17-12-16-7-8-18(17)25-16)23-13-14-9-10-22-19(11-14)26-15-5-3-4-6-15;/h9-11,15-18H,2-8,12-13H2,1H3,(H2,21,23,24);1H. The van der Waals surface area contributed by atoms with E-state index >= 15 is 0 Å². The summed E-state index contributed by atoms with van der Waals surface area (Å²) in [5.74, 6) is 1.59. The average molecular weight is 486 g/mol. The second-order valence-corrected chi connectivity index (χ2v) is 7.58. The molecule has 4 rings (SSSR count). The maximum atomic E-state index is 6.00. The summed E-state index contributed by atoms with van der Waals surface area (Å²) in [5, 5.41) is 6.91. The normalized spacial score (nSPS) is 27.4. The zero-order chi connectivity index (χ0) is 17.8. The molecule has 2 saturated heterocycles. The van der Waals surface area contributed by atoms with Crippen molar-refractivity contribution in [3.8, 4) is 5.88 Å². The smallest absolute Gasteiger partial charge is 0.213 e. The molecule has 0 spiro atoms. The summed E-state index contributed by atoms with van der Waals surface area (Å²) in [6, 6.07) is 4.41. The van der Waals surface area contributed by atoms with Crippen LogP contribution in [-0.2, 0) is 11.3 Å². The van der Waals surface area contributed by atoms with Crippen molar-refractivity contribution in [2.75, 3.05) is 6.54 Å². The molecule has 0 amide bonds. The van der Waals surface area contributed by atoms with Gasteiger partial charge in [0.25, 0.3) is 0 Å². The summed E-state index contributed by atoms with van der Waals surface area (Å²) >= 11 is 0. The fourth-order valence-electron chi connectivity index (χ4n) is 4.25. The SMILES string of the molecule is CCNC(=NCc1ccnc(OC2CCCC2)c1)NC1CC2CCC1O2.I. The van der Waals surface area contributed by atoms with E-state index in [4.69, 9.17) is 14.5 Å². The van der Waals surface area contributed by atoms with Crippen LogP contribution in [0.4, 0.5) is 0 Å². The third kappa shape index (κ3) is 5.47. The van der Waals surface area contributed by atoms with E-state index in [2.05, 4.69) is 22.5 Å². The molecule has 1 aromatic heterocycles. The zero-order valence-corrected chi connectivity index (χ0v) is 18.4. The van der Waals surface area contributed by atoms with E-state index in [0.29, 0.717) is 30.9 Å². The van der Waals surface area contributed by atoms with Gasteiger partial charge < -0.3 is 20.1 Å². The minimum absolute atomic E-state index is 0. The number of nitrogens with one attached hydrogen (secondary N) is 2. The topological polar surface area (TPSA) is 67.8 Å². The van der Waals surface area contributed by atoms with E-state index in [1.165, 1.54) is 19.3 Å².